The first-order valence-electron chi connectivity index (χ1n) is 3.62. The summed E-state index contributed by atoms with van der Waals surface area (Å²) in [6.07, 6.45) is 1.19. The molecule has 1 rings (SSSR count). The van der Waals surface area contributed by atoms with Gasteiger partial charge in [0.15, 0.2) is 0 Å². The largest absolute Gasteiger partial charge is 0.325 e. The van der Waals surface area contributed by atoms with Crippen molar-refractivity contribution in [3.8, 4) is 0 Å². The van der Waals surface area contributed by atoms with Gasteiger partial charge in [-0.2, -0.15) is 0 Å². The SMILES string of the molecule is C=CCN1C(=O)NC(=O)CC1N. The van der Waals surface area contributed by atoms with Crippen molar-refractivity contribution >= 4 is 11.9 Å². The number of hydrogen-bond donors (Lipinski definition) is 2. The second-order valence-electron chi connectivity index (χ2n) is 2.57. The summed E-state index contributed by atoms with van der Waals surface area (Å²) < 4.78 is 0. The highest BCUT2D eigenvalue weighted by atomic mass is 16.2. The Kier molecular flexibility index (Phi) is 2.44. The van der Waals surface area contributed by atoms with Gasteiger partial charge in [0.2, 0.25) is 5.91 Å². The predicted octanol–water partition coefficient (Wildman–Crippen LogP) is -0.601. The second kappa shape index (κ2) is 3.36. The van der Waals surface area contributed by atoms with Crippen LogP contribution >= 0.6 is 0 Å². The molecule has 0 aromatic heterocycles. The molecule has 0 radical (unpaired) electrons. The van der Waals surface area contributed by atoms with Crippen molar-refractivity contribution < 1.29 is 9.59 Å². The van der Waals surface area contributed by atoms with E-state index in [0.717, 1.165) is 0 Å². The lowest BCUT2D eigenvalue weighted by Gasteiger charge is -2.31. The predicted molar refractivity (Wildman–Crippen MR) is 43.0 cm³/mol. The Labute approximate surface area is 70.2 Å². The topological polar surface area (TPSA) is 75.4 Å². The van der Waals surface area contributed by atoms with Crippen LogP contribution in [0.5, 0.6) is 0 Å². The second-order valence-corrected chi connectivity index (χ2v) is 2.57. The minimum Gasteiger partial charge on any atom is -0.311 e. The average Bonchev–Trinajstić information content (AvgIpc) is 1.96. The molecule has 66 valence electrons. The summed E-state index contributed by atoms with van der Waals surface area (Å²) in [5.74, 6) is -0.326. The maximum absolute atomic E-state index is 11.1. The lowest BCUT2D eigenvalue weighted by Crippen LogP contribution is -2.58. The van der Waals surface area contributed by atoms with E-state index in [-0.39, 0.29) is 12.3 Å². The number of amides is 3. The Morgan fingerprint density at radius 3 is 2.92 bits per heavy atom. The van der Waals surface area contributed by atoms with Crippen LogP contribution in [0.15, 0.2) is 12.7 Å². The highest BCUT2D eigenvalue weighted by molar-refractivity contribution is 5.97. The molecule has 1 saturated heterocycles. The fourth-order valence-electron chi connectivity index (χ4n) is 1.05. The van der Waals surface area contributed by atoms with E-state index in [1.807, 2.05) is 0 Å². The molecule has 1 aliphatic rings. The molecule has 0 aliphatic carbocycles. The highest BCUT2D eigenvalue weighted by Crippen LogP contribution is 2.04. The molecule has 0 saturated carbocycles. The van der Waals surface area contributed by atoms with E-state index in [9.17, 15) is 9.59 Å². The van der Waals surface area contributed by atoms with Crippen molar-refractivity contribution in [2.75, 3.05) is 6.54 Å². The first-order chi connectivity index (χ1) is 5.65. The summed E-state index contributed by atoms with van der Waals surface area (Å²) in [6, 6.07) is -0.446. The molecule has 1 atom stereocenters. The summed E-state index contributed by atoms with van der Waals surface area (Å²) >= 11 is 0. The third kappa shape index (κ3) is 1.62. The van der Waals surface area contributed by atoms with Crippen molar-refractivity contribution in [3.63, 3.8) is 0 Å². The van der Waals surface area contributed by atoms with Crippen LogP contribution in [-0.2, 0) is 4.79 Å². The molecule has 5 nitrogen and oxygen atoms in total. The van der Waals surface area contributed by atoms with Crippen molar-refractivity contribution in [3.05, 3.63) is 12.7 Å². The molecular formula is C7H11N3O2. The lowest BCUT2D eigenvalue weighted by molar-refractivity contribution is -0.122. The monoisotopic (exact) mass is 169 g/mol. The Hall–Kier alpha value is -1.36. The fourth-order valence-corrected chi connectivity index (χ4v) is 1.05. The normalized spacial score (nSPS) is 23.8. The summed E-state index contributed by atoms with van der Waals surface area (Å²) in [4.78, 5) is 23.2. The molecule has 3 amide bonds. The smallest absolute Gasteiger partial charge is 0.311 e. The van der Waals surface area contributed by atoms with E-state index in [0.29, 0.717) is 6.54 Å². The Morgan fingerprint density at radius 2 is 2.42 bits per heavy atom. The summed E-state index contributed by atoms with van der Waals surface area (Å²) in [6.45, 7) is 3.84. The standard InChI is InChI=1S/C7H11N3O2/c1-2-3-10-5(8)4-6(11)9-7(10)12/h2,5H,1,3-4,8H2,(H,9,11,12). The summed E-state index contributed by atoms with van der Waals surface area (Å²) in [5, 5.41) is 2.16. The fraction of sp³-hybridized carbons (Fsp3) is 0.429. The van der Waals surface area contributed by atoms with E-state index in [2.05, 4.69) is 11.9 Å². The molecule has 1 aliphatic heterocycles. The van der Waals surface area contributed by atoms with Crippen LogP contribution in [0.2, 0.25) is 0 Å². The Bertz CT molecular complexity index is 227. The van der Waals surface area contributed by atoms with Crippen LogP contribution in [0.3, 0.4) is 0 Å². The number of nitrogens with one attached hydrogen (secondary N) is 1. The van der Waals surface area contributed by atoms with Gasteiger partial charge in [-0.3, -0.25) is 10.1 Å². The van der Waals surface area contributed by atoms with Gasteiger partial charge in [0.05, 0.1) is 12.6 Å². The van der Waals surface area contributed by atoms with E-state index in [1.165, 1.54) is 4.90 Å². The summed E-state index contributed by atoms with van der Waals surface area (Å²) in [7, 11) is 0. The minimum atomic E-state index is -0.524. The molecule has 0 aromatic rings. The lowest BCUT2D eigenvalue weighted by atomic mass is 10.2. The highest BCUT2D eigenvalue weighted by Gasteiger charge is 2.28. The van der Waals surface area contributed by atoms with E-state index in [4.69, 9.17) is 5.73 Å². The third-order valence-corrected chi connectivity index (χ3v) is 1.63. The molecular weight excluding hydrogens is 158 g/mol. The van der Waals surface area contributed by atoms with Crippen molar-refractivity contribution in [2.45, 2.75) is 12.6 Å². The number of rotatable bonds is 2. The van der Waals surface area contributed by atoms with E-state index < -0.39 is 12.2 Å². The van der Waals surface area contributed by atoms with Crippen molar-refractivity contribution in [1.29, 1.82) is 0 Å². The minimum absolute atomic E-state index is 0.152. The molecule has 0 bridgehead atoms. The number of urea groups is 1. The maximum Gasteiger partial charge on any atom is 0.325 e. The molecule has 0 aromatic carbocycles. The van der Waals surface area contributed by atoms with Crippen LogP contribution in [0.25, 0.3) is 0 Å². The number of nitrogens with two attached hydrogens (primary N) is 1. The number of nitrogens with zero attached hydrogens (tertiary/aromatic N) is 1. The van der Waals surface area contributed by atoms with Gasteiger partial charge in [-0.05, 0) is 0 Å². The number of carbonyl (C=O) groups excluding carboxylic acids is 2. The molecule has 0 spiro atoms. The quantitative estimate of drug-likeness (QED) is 0.542. The van der Waals surface area contributed by atoms with Crippen molar-refractivity contribution in [2.24, 2.45) is 5.73 Å². The zero-order valence-electron chi connectivity index (χ0n) is 6.62. The van der Waals surface area contributed by atoms with Gasteiger partial charge in [0, 0.05) is 6.54 Å². The van der Waals surface area contributed by atoms with Gasteiger partial charge in [0.1, 0.15) is 0 Å². The van der Waals surface area contributed by atoms with Crippen LogP contribution in [0, 0.1) is 0 Å². The Balaban J connectivity index is 2.66. The maximum atomic E-state index is 11.1. The van der Waals surface area contributed by atoms with Gasteiger partial charge in [-0.25, -0.2) is 4.79 Å². The average molecular weight is 169 g/mol. The zero-order chi connectivity index (χ0) is 9.14. The number of imide groups is 1. The van der Waals surface area contributed by atoms with Crippen LogP contribution in [0.4, 0.5) is 4.79 Å². The molecule has 1 unspecified atom stereocenters. The molecule has 12 heavy (non-hydrogen) atoms. The molecule has 3 N–H and O–H groups in total. The van der Waals surface area contributed by atoms with Crippen LogP contribution in [-0.4, -0.2) is 29.5 Å². The first kappa shape index (κ1) is 8.73. The van der Waals surface area contributed by atoms with Crippen molar-refractivity contribution in [1.82, 2.24) is 10.2 Å². The Morgan fingerprint density at radius 1 is 1.75 bits per heavy atom. The van der Waals surface area contributed by atoms with Gasteiger partial charge in [0.25, 0.3) is 0 Å². The van der Waals surface area contributed by atoms with E-state index in [1.54, 1.807) is 6.08 Å². The number of hydrogen-bond acceptors (Lipinski definition) is 3. The third-order valence-electron chi connectivity index (χ3n) is 1.63. The molecule has 1 fully saturated rings. The van der Waals surface area contributed by atoms with Gasteiger partial charge in [-0.1, -0.05) is 6.08 Å². The molecule has 1 heterocycles. The zero-order valence-corrected chi connectivity index (χ0v) is 6.62. The van der Waals surface area contributed by atoms with Gasteiger partial charge >= 0.3 is 6.03 Å². The van der Waals surface area contributed by atoms with Gasteiger partial charge in [-0.15, -0.1) is 6.58 Å². The van der Waals surface area contributed by atoms with Crippen LogP contribution < -0.4 is 11.1 Å². The van der Waals surface area contributed by atoms with Gasteiger partial charge < -0.3 is 10.6 Å². The first-order valence-corrected chi connectivity index (χ1v) is 3.62. The van der Waals surface area contributed by atoms with Crippen LogP contribution in [0.1, 0.15) is 6.42 Å². The van der Waals surface area contributed by atoms with E-state index >= 15 is 0 Å². The number of carbonyl (C=O) groups is 2. The summed E-state index contributed by atoms with van der Waals surface area (Å²) in [5.41, 5.74) is 5.54. The molecule has 5 heteroatoms.